The maximum Gasteiger partial charge on any atom is 0.0407 e. The summed E-state index contributed by atoms with van der Waals surface area (Å²) in [6, 6.07) is 10.3. The van der Waals surface area contributed by atoms with Crippen molar-refractivity contribution in [1.82, 2.24) is 0 Å². The summed E-state index contributed by atoms with van der Waals surface area (Å²) < 4.78 is 0. The van der Waals surface area contributed by atoms with Crippen molar-refractivity contribution in [3.05, 3.63) is 63.2 Å². The molecule has 2 rings (SSSR count). The molecule has 0 aromatic heterocycles. The highest BCUT2D eigenvalue weighted by Gasteiger charge is 2.14. The van der Waals surface area contributed by atoms with Crippen LogP contribution in [0.3, 0.4) is 0 Å². The molecule has 0 saturated carbocycles. The van der Waals surface area contributed by atoms with E-state index in [0.29, 0.717) is 6.04 Å². The molecular formula is C27H42N2. The van der Waals surface area contributed by atoms with E-state index in [1.165, 1.54) is 44.6 Å². The first-order chi connectivity index (χ1) is 13.8. The van der Waals surface area contributed by atoms with Crippen LogP contribution in [0.5, 0.6) is 0 Å². The van der Waals surface area contributed by atoms with Crippen molar-refractivity contribution >= 4 is 5.69 Å². The minimum atomic E-state index is 0.205. The maximum atomic E-state index is 6.14. The van der Waals surface area contributed by atoms with Gasteiger partial charge in [-0.3, -0.25) is 0 Å². The van der Waals surface area contributed by atoms with Crippen molar-refractivity contribution in [3.63, 3.8) is 0 Å². The lowest BCUT2D eigenvalue weighted by atomic mass is 9.88. The standard InChI is InChI=1S/C27H42N2/c1-8-22-14-20(15-23(9-2)26(22)12-19(7)28)13-21-16-24(10-3)27(29-18(5)6)25(11-4)17-21/h14-19,29H,8-13,28H2,1-7H3. The molecule has 1 unspecified atom stereocenters. The smallest absolute Gasteiger partial charge is 0.0407 e. The van der Waals surface area contributed by atoms with Crippen LogP contribution >= 0.6 is 0 Å². The molecule has 2 nitrogen and oxygen atoms in total. The predicted molar refractivity (Wildman–Crippen MR) is 129 cm³/mol. The Kier molecular flexibility index (Phi) is 8.77. The van der Waals surface area contributed by atoms with Gasteiger partial charge >= 0.3 is 0 Å². The summed E-state index contributed by atoms with van der Waals surface area (Å²) in [7, 11) is 0. The average Bonchev–Trinajstić information content (AvgIpc) is 2.68. The van der Waals surface area contributed by atoms with E-state index in [1.807, 2.05) is 0 Å². The molecule has 0 heterocycles. The van der Waals surface area contributed by atoms with Gasteiger partial charge in [0.25, 0.3) is 0 Å². The molecule has 2 aromatic rings. The lowest BCUT2D eigenvalue weighted by Crippen LogP contribution is -2.20. The number of aryl methyl sites for hydroxylation is 4. The van der Waals surface area contributed by atoms with Gasteiger partial charge in [0.1, 0.15) is 0 Å². The second kappa shape index (κ2) is 10.8. The fourth-order valence-electron chi connectivity index (χ4n) is 4.40. The van der Waals surface area contributed by atoms with Crippen molar-refractivity contribution in [2.24, 2.45) is 5.73 Å². The Labute approximate surface area is 179 Å². The molecule has 0 fully saturated rings. The minimum Gasteiger partial charge on any atom is -0.382 e. The topological polar surface area (TPSA) is 38.0 Å². The molecule has 2 aromatic carbocycles. The van der Waals surface area contributed by atoms with Gasteiger partial charge < -0.3 is 11.1 Å². The van der Waals surface area contributed by atoms with Crippen molar-refractivity contribution in [2.75, 3.05) is 5.32 Å². The molecule has 3 N–H and O–H groups in total. The number of hydrogen-bond acceptors (Lipinski definition) is 2. The Morgan fingerprint density at radius 3 is 1.48 bits per heavy atom. The molecule has 0 spiro atoms. The van der Waals surface area contributed by atoms with Gasteiger partial charge in [0.15, 0.2) is 0 Å². The number of anilines is 1. The van der Waals surface area contributed by atoms with Gasteiger partial charge in [-0.2, -0.15) is 0 Å². The molecular weight excluding hydrogens is 352 g/mol. The van der Waals surface area contributed by atoms with Gasteiger partial charge in [-0.1, -0.05) is 52.0 Å². The second-order valence-corrected chi connectivity index (χ2v) is 8.75. The van der Waals surface area contributed by atoms with E-state index in [1.54, 1.807) is 0 Å². The second-order valence-electron chi connectivity index (χ2n) is 8.75. The number of nitrogens with two attached hydrogens (primary N) is 1. The summed E-state index contributed by atoms with van der Waals surface area (Å²) in [5.41, 5.74) is 17.7. The van der Waals surface area contributed by atoms with E-state index in [2.05, 4.69) is 78.0 Å². The van der Waals surface area contributed by atoms with Gasteiger partial charge in [0.2, 0.25) is 0 Å². The lowest BCUT2D eigenvalue weighted by Gasteiger charge is -2.21. The van der Waals surface area contributed by atoms with Gasteiger partial charge in [0.05, 0.1) is 0 Å². The molecule has 0 saturated heterocycles. The molecule has 29 heavy (non-hydrogen) atoms. The Morgan fingerprint density at radius 1 is 0.724 bits per heavy atom. The van der Waals surface area contributed by atoms with Crippen molar-refractivity contribution < 1.29 is 0 Å². The van der Waals surface area contributed by atoms with Gasteiger partial charge in [0, 0.05) is 17.8 Å². The first-order valence-electron chi connectivity index (χ1n) is 11.6. The number of benzene rings is 2. The third kappa shape index (κ3) is 6.09. The first kappa shape index (κ1) is 23.5. The Hall–Kier alpha value is -1.80. The van der Waals surface area contributed by atoms with Crippen LogP contribution in [0.15, 0.2) is 24.3 Å². The molecule has 0 aliphatic heterocycles. The third-order valence-electron chi connectivity index (χ3n) is 5.75. The first-order valence-corrected chi connectivity index (χ1v) is 11.6. The quantitative estimate of drug-likeness (QED) is 0.501. The molecule has 0 bridgehead atoms. The summed E-state index contributed by atoms with van der Waals surface area (Å²) in [5.74, 6) is 0. The van der Waals surface area contributed by atoms with Gasteiger partial charge in [-0.25, -0.2) is 0 Å². The Morgan fingerprint density at radius 2 is 1.14 bits per heavy atom. The van der Waals surface area contributed by atoms with Crippen LogP contribution in [0.1, 0.15) is 87.4 Å². The van der Waals surface area contributed by atoms with Crippen LogP contribution in [0.2, 0.25) is 0 Å². The predicted octanol–water partition coefficient (Wildman–Crippen LogP) is 6.24. The summed E-state index contributed by atoms with van der Waals surface area (Å²) in [6.45, 7) is 15.6. The van der Waals surface area contributed by atoms with Crippen LogP contribution in [-0.2, 0) is 38.5 Å². The van der Waals surface area contributed by atoms with Crippen LogP contribution in [0, 0.1) is 0 Å². The van der Waals surface area contributed by atoms with E-state index < -0.39 is 0 Å². The normalized spacial score (nSPS) is 12.4. The Balaban J connectivity index is 2.45. The van der Waals surface area contributed by atoms with Crippen molar-refractivity contribution in [2.45, 2.75) is 99.1 Å². The zero-order chi connectivity index (χ0) is 21.6. The third-order valence-corrected chi connectivity index (χ3v) is 5.75. The van der Waals surface area contributed by atoms with E-state index in [4.69, 9.17) is 5.73 Å². The van der Waals surface area contributed by atoms with Crippen LogP contribution in [0.4, 0.5) is 5.69 Å². The minimum absolute atomic E-state index is 0.205. The average molecular weight is 395 g/mol. The van der Waals surface area contributed by atoms with Crippen molar-refractivity contribution in [1.29, 1.82) is 0 Å². The summed E-state index contributed by atoms with van der Waals surface area (Å²) in [4.78, 5) is 0. The number of rotatable bonds is 10. The highest BCUT2D eigenvalue weighted by Crippen LogP contribution is 2.28. The van der Waals surface area contributed by atoms with Gasteiger partial charge in [-0.15, -0.1) is 0 Å². The highest BCUT2D eigenvalue weighted by atomic mass is 14.9. The maximum absolute atomic E-state index is 6.14. The van der Waals surface area contributed by atoms with E-state index in [0.717, 1.165) is 38.5 Å². The van der Waals surface area contributed by atoms with E-state index in [-0.39, 0.29) is 6.04 Å². The molecule has 0 amide bonds. The van der Waals surface area contributed by atoms with Gasteiger partial charge in [-0.05, 0) is 98.2 Å². The summed E-state index contributed by atoms with van der Waals surface area (Å²) >= 11 is 0. The Bertz CT molecular complexity index is 685. The molecule has 0 aliphatic rings. The lowest BCUT2D eigenvalue weighted by molar-refractivity contribution is 0.724. The fraction of sp³-hybridized carbons (Fsp3) is 0.556. The molecule has 1 atom stereocenters. The molecule has 160 valence electrons. The number of hydrogen-bond donors (Lipinski definition) is 2. The van der Waals surface area contributed by atoms with Crippen molar-refractivity contribution in [3.8, 4) is 0 Å². The molecule has 0 aliphatic carbocycles. The molecule has 2 heteroatoms. The zero-order valence-corrected chi connectivity index (χ0v) is 19.8. The van der Waals surface area contributed by atoms with Crippen LogP contribution in [-0.4, -0.2) is 12.1 Å². The molecule has 0 radical (unpaired) electrons. The van der Waals surface area contributed by atoms with E-state index in [9.17, 15) is 0 Å². The van der Waals surface area contributed by atoms with Crippen LogP contribution in [0.25, 0.3) is 0 Å². The summed E-state index contributed by atoms with van der Waals surface area (Å²) in [5, 5.41) is 3.69. The monoisotopic (exact) mass is 394 g/mol. The summed E-state index contributed by atoms with van der Waals surface area (Å²) in [6.07, 6.45) is 6.23. The number of nitrogens with one attached hydrogen (secondary N) is 1. The largest absolute Gasteiger partial charge is 0.382 e. The van der Waals surface area contributed by atoms with Crippen LogP contribution < -0.4 is 11.1 Å². The highest BCUT2D eigenvalue weighted by molar-refractivity contribution is 5.60. The van der Waals surface area contributed by atoms with E-state index >= 15 is 0 Å². The zero-order valence-electron chi connectivity index (χ0n) is 19.8. The SMILES string of the molecule is CCc1cc(Cc2cc(CC)c(NC(C)C)c(CC)c2)cc(CC)c1CC(C)N. The fourth-order valence-corrected chi connectivity index (χ4v) is 4.40.